The van der Waals surface area contributed by atoms with Crippen LogP contribution in [0.2, 0.25) is 0 Å². The molecule has 0 aromatic heterocycles. The number of hydrogen-bond acceptors (Lipinski definition) is 3. The number of rotatable bonds is 3. The molecule has 1 fully saturated rings. The third kappa shape index (κ3) is 2.84. The molecule has 0 amide bonds. The molecule has 74 valence electrons. The van der Waals surface area contributed by atoms with Gasteiger partial charge in [0.1, 0.15) is 12.3 Å². The van der Waals surface area contributed by atoms with E-state index in [0.717, 1.165) is 0 Å². The smallest absolute Gasteiger partial charge is 0.163 e. The first-order valence-corrected chi connectivity index (χ1v) is 4.02. The minimum absolute atomic E-state index is 0.203. The lowest BCUT2D eigenvalue weighted by Crippen LogP contribution is -2.29. The molecule has 0 bridgehead atoms. The molecule has 0 N–H and O–H groups in total. The van der Waals surface area contributed by atoms with Gasteiger partial charge in [0.05, 0.1) is 13.2 Å². The van der Waals surface area contributed by atoms with E-state index in [9.17, 15) is 4.39 Å². The Balaban J connectivity index is 2.41. The van der Waals surface area contributed by atoms with Crippen LogP contribution in [-0.2, 0) is 9.47 Å². The van der Waals surface area contributed by atoms with Crippen LogP contribution in [0, 0.1) is 0 Å². The maximum atomic E-state index is 13.2. The Morgan fingerprint density at radius 2 is 2.46 bits per heavy atom. The quantitative estimate of drug-likeness (QED) is 0.386. The van der Waals surface area contributed by atoms with Gasteiger partial charge in [0.2, 0.25) is 0 Å². The molecular formula is C7H12FN3O2. The Labute approximate surface area is 75.4 Å². The molecule has 13 heavy (non-hydrogen) atoms. The van der Waals surface area contributed by atoms with E-state index in [4.69, 9.17) is 15.0 Å². The van der Waals surface area contributed by atoms with Gasteiger partial charge in [-0.25, -0.2) is 4.39 Å². The average molecular weight is 189 g/mol. The highest BCUT2D eigenvalue weighted by molar-refractivity contribution is 4.79. The van der Waals surface area contributed by atoms with Crippen molar-refractivity contribution in [2.24, 2.45) is 5.11 Å². The van der Waals surface area contributed by atoms with Crippen LogP contribution in [0.5, 0.6) is 0 Å². The maximum absolute atomic E-state index is 13.2. The summed E-state index contributed by atoms with van der Waals surface area (Å²) >= 11 is 0. The molecule has 0 aromatic carbocycles. The summed E-state index contributed by atoms with van der Waals surface area (Å²) < 4.78 is 23.6. The van der Waals surface area contributed by atoms with Crippen molar-refractivity contribution in [2.45, 2.75) is 31.9 Å². The standard InChI is InChI=1S/C7H12FN3O2/c1-7(2)12-4-6(13-7)5(8)3-10-11-9/h5-6H,3-4H2,1-2H3/t5-,6-/m1/s1. The summed E-state index contributed by atoms with van der Waals surface area (Å²) in [5.74, 6) is -0.731. The minimum Gasteiger partial charge on any atom is -0.348 e. The van der Waals surface area contributed by atoms with Gasteiger partial charge in [-0.2, -0.15) is 0 Å². The number of alkyl halides is 1. The molecular weight excluding hydrogens is 177 g/mol. The Hall–Kier alpha value is -0.840. The van der Waals surface area contributed by atoms with Gasteiger partial charge in [0.25, 0.3) is 0 Å². The summed E-state index contributed by atoms with van der Waals surface area (Å²) in [6.45, 7) is 3.43. The monoisotopic (exact) mass is 189 g/mol. The molecule has 0 saturated carbocycles. The van der Waals surface area contributed by atoms with Gasteiger partial charge in [0, 0.05) is 4.91 Å². The first-order chi connectivity index (χ1) is 6.05. The SMILES string of the molecule is CC1(C)OC[C@H]([C@H](F)CN=[N+]=[N-])O1. The van der Waals surface area contributed by atoms with Crippen molar-refractivity contribution in [1.29, 1.82) is 0 Å². The Morgan fingerprint density at radius 3 is 2.92 bits per heavy atom. The fourth-order valence-electron chi connectivity index (χ4n) is 1.13. The number of ether oxygens (including phenoxy) is 2. The van der Waals surface area contributed by atoms with E-state index < -0.39 is 18.1 Å². The lowest BCUT2D eigenvalue weighted by atomic mass is 10.2. The highest BCUT2D eigenvalue weighted by atomic mass is 19.1. The normalized spacial score (nSPS) is 28.1. The average Bonchev–Trinajstić information content (AvgIpc) is 2.42. The van der Waals surface area contributed by atoms with E-state index in [2.05, 4.69) is 10.0 Å². The topological polar surface area (TPSA) is 67.2 Å². The van der Waals surface area contributed by atoms with E-state index in [1.807, 2.05) is 0 Å². The molecule has 0 aromatic rings. The van der Waals surface area contributed by atoms with Gasteiger partial charge in [-0.05, 0) is 19.4 Å². The molecule has 1 heterocycles. The van der Waals surface area contributed by atoms with E-state index in [-0.39, 0.29) is 13.2 Å². The summed E-state index contributed by atoms with van der Waals surface area (Å²) in [6.07, 6.45) is -1.92. The molecule has 2 atom stereocenters. The van der Waals surface area contributed by atoms with Gasteiger partial charge in [-0.3, -0.25) is 0 Å². The molecule has 5 nitrogen and oxygen atoms in total. The predicted molar refractivity (Wildman–Crippen MR) is 43.8 cm³/mol. The van der Waals surface area contributed by atoms with Crippen LogP contribution in [0.4, 0.5) is 4.39 Å². The Bertz CT molecular complexity index is 228. The zero-order valence-corrected chi connectivity index (χ0v) is 7.61. The van der Waals surface area contributed by atoms with Gasteiger partial charge in [-0.15, -0.1) is 0 Å². The molecule has 6 heteroatoms. The van der Waals surface area contributed by atoms with Crippen LogP contribution in [0.1, 0.15) is 13.8 Å². The van der Waals surface area contributed by atoms with E-state index in [1.54, 1.807) is 13.8 Å². The molecule has 1 saturated heterocycles. The number of halogens is 1. The maximum Gasteiger partial charge on any atom is 0.163 e. The van der Waals surface area contributed by atoms with Gasteiger partial charge in [0.15, 0.2) is 5.79 Å². The Kier molecular flexibility index (Phi) is 3.08. The molecule has 0 aliphatic carbocycles. The van der Waals surface area contributed by atoms with Crippen LogP contribution in [-0.4, -0.2) is 31.2 Å². The van der Waals surface area contributed by atoms with Crippen molar-refractivity contribution in [2.75, 3.05) is 13.2 Å². The highest BCUT2D eigenvalue weighted by Crippen LogP contribution is 2.25. The van der Waals surface area contributed by atoms with Crippen molar-refractivity contribution in [3.8, 4) is 0 Å². The van der Waals surface area contributed by atoms with Crippen molar-refractivity contribution in [1.82, 2.24) is 0 Å². The third-order valence-corrected chi connectivity index (χ3v) is 1.75. The fraction of sp³-hybridized carbons (Fsp3) is 1.00. The third-order valence-electron chi connectivity index (χ3n) is 1.75. The molecule has 1 rings (SSSR count). The summed E-state index contributed by atoms with van der Waals surface area (Å²) in [7, 11) is 0. The van der Waals surface area contributed by atoms with E-state index >= 15 is 0 Å². The van der Waals surface area contributed by atoms with Gasteiger partial charge in [-0.1, -0.05) is 5.11 Å². The second-order valence-corrected chi connectivity index (χ2v) is 3.30. The van der Waals surface area contributed by atoms with Crippen molar-refractivity contribution >= 4 is 0 Å². The number of hydrogen-bond donors (Lipinski definition) is 0. The van der Waals surface area contributed by atoms with E-state index in [1.165, 1.54) is 0 Å². The van der Waals surface area contributed by atoms with Crippen LogP contribution >= 0.6 is 0 Å². The Morgan fingerprint density at radius 1 is 1.77 bits per heavy atom. The van der Waals surface area contributed by atoms with E-state index in [0.29, 0.717) is 0 Å². The lowest BCUT2D eigenvalue weighted by molar-refractivity contribution is -0.145. The zero-order valence-electron chi connectivity index (χ0n) is 7.61. The van der Waals surface area contributed by atoms with Crippen LogP contribution in [0.25, 0.3) is 10.4 Å². The molecule has 1 aliphatic heterocycles. The van der Waals surface area contributed by atoms with Gasteiger partial charge < -0.3 is 9.47 Å². The predicted octanol–water partition coefficient (Wildman–Crippen LogP) is 1.79. The molecule has 1 aliphatic rings. The van der Waals surface area contributed by atoms with Crippen molar-refractivity contribution in [3.63, 3.8) is 0 Å². The van der Waals surface area contributed by atoms with Crippen LogP contribution in [0.15, 0.2) is 5.11 Å². The zero-order chi connectivity index (χ0) is 9.90. The molecule has 0 spiro atoms. The van der Waals surface area contributed by atoms with Crippen LogP contribution < -0.4 is 0 Å². The highest BCUT2D eigenvalue weighted by Gasteiger charge is 2.37. The summed E-state index contributed by atoms with van der Waals surface area (Å²) in [5.41, 5.74) is 7.98. The second-order valence-electron chi connectivity index (χ2n) is 3.30. The first kappa shape index (κ1) is 10.2. The van der Waals surface area contributed by atoms with Crippen molar-refractivity contribution < 1.29 is 13.9 Å². The number of nitrogens with zero attached hydrogens (tertiary/aromatic N) is 3. The molecule has 0 radical (unpaired) electrons. The molecule has 0 unspecified atom stereocenters. The largest absolute Gasteiger partial charge is 0.348 e. The van der Waals surface area contributed by atoms with Crippen molar-refractivity contribution in [3.05, 3.63) is 10.4 Å². The second kappa shape index (κ2) is 3.91. The summed E-state index contributed by atoms with van der Waals surface area (Å²) in [4.78, 5) is 2.47. The fourth-order valence-corrected chi connectivity index (χ4v) is 1.13. The first-order valence-electron chi connectivity index (χ1n) is 4.02. The lowest BCUT2D eigenvalue weighted by Gasteiger charge is -2.18. The van der Waals surface area contributed by atoms with Crippen LogP contribution in [0.3, 0.4) is 0 Å². The number of azide groups is 1. The summed E-state index contributed by atoms with van der Waals surface area (Å²) in [5, 5.41) is 3.13. The minimum atomic E-state index is -1.29. The summed E-state index contributed by atoms with van der Waals surface area (Å²) in [6, 6.07) is 0. The van der Waals surface area contributed by atoms with Gasteiger partial charge >= 0.3 is 0 Å².